The Morgan fingerprint density at radius 2 is 2.14 bits per heavy atom. The van der Waals surface area contributed by atoms with E-state index in [4.69, 9.17) is 4.74 Å². The number of nitrogens with one attached hydrogen (secondary N) is 2. The van der Waals surface area contributed by atoms with E-state index < -0.39 is 0 Å². The van der Waals surface area contributed by atoms with Gasteiger partial charge in [0.15, 0.2) is 0 Å². The number of rotatable bonds is 2. The first-order chi connectivity index (χ1) is 10.7. The second-order valence-electron chi connectivity index (χ2n) is 5.69. The van der Waals surface area contributed by atoms with Gasteiger partial charge in [-0.05, 0) is 54.3 Å². The summed E-state index contributed by atoms with van der Waals surface area (Å²) in [6.07, 6.45) is 2.96. The first kappa shape index (κ1) is 13.0. The van der Waals surface area contributed by atoms with Gasteiger partial charge in [0.1, 0.15) is 11.9 Å². The SMILES string of the molecule is CC1Cc2cc(NC(=O)c3ccc4cc[nH]c4c3)ccc2O1. The van der Waals surface area contributed by atoms with Gasteiger partial charge in [-0.2, -0.15) is 0 Å². The lowest BCUT2D eigenvalue weighted by atomic mass is 10.1. The van der Waals surface area contributed by atoms with Crippen LogP contribution in [0.25, 0.3) is 10.9 Å². The van der Waals surface area contributed by atoms with Crippen molar-refractivity contribution in [3.63, 3.8) is 0 Å². The molecule has 1 amide bonds. The van der Waals surface area contributed by atoms with Gasteiger partial charge in [-0.1, -0.05) is 6.07 Å². The fraction of sp³-hybridized carbons (Fsp3) is 0.167. The molecule has 0 fully saturated rings. The van der Waals surface area contributed by atoms with Crippen LogP contribution in [0.15, 0.2) is 48.7 Å². The largest absolute Gasteiger partial charge is 0.490 e. The molecule has 1 atom stereocenters. The Morgan fingerprint density at radius 1 is 1.23 bits per heavy atom. The molecule has 2 heterocycles. The Bertz CT molecular complexity index is 866. The number of hydrogen-bond acceptors (Lipinski definition) is 2. The van der Waals surface area contributed by atoms with Crippen LogP contribution in [0, 0.1) is 0 Å². The number of H-pyrrole nitrogens is 1. The van der Waals surface area contributed by atoms with Crippen LogP contribution in [-0.4, -0.2) is 17.0 Å². The van der Waals surface area contributed by atoms with Crippen molar-refractivity contribution in [1.29, 1.82) is 0 Å². The van der Waals surface area contributed by atoms with Gasteiger partial charge in [0.05, 0.1) is 0 Å². The standard InChI is InChI=1S/C18H16N2O2/c1-11-8-14-9-15(4-5-17(14)22-11)20-18(21)13-3-2-12-6-7-19-16(12)10-13/h2-7,9-11,19H,8H2,1H3,(H,20,21). The lowest BCUT2D eigenvalue weighted by Crippen LogP contribution is -2.11. The number of anilines is 1. The fourth-order valence-corrected chi connectivity index (χ4v) is 2.89. The first-order valence-corrected chi connectivity index (χ1v) is 7.37. The van der Waals surface area contributed by atoms with Crippen LogP contribution < -0.4 is 10.1 Å². The topological polar surface area (TPSA) is 54.1 Å². The van der Waals surface area contributed by atoms with E-state index in [1.165, 1.54) is 0 Å². The number of benzene rings is 2. The Labute approximate surface area is 128 Å². The molecule has 1 unspecified atom stereocenters. The summed E-state index contributed by atoms with van der Waals surface area (Å²) in [5.41, 5.74) is 3.54. The Morgan fingerprint density at radius 3 is 3.05 bits per heavy atom. The van der Waals surface area contributed by atoms with E-state index in [0.717, 1.165) is 34.3 Å². The van der Waals surface area contributed by atoms with Crippen molar-refractivity contribution in [2.45, 2.75) is 19.4 Å². The molecule has 22 heavy (non-hydrogen) atoms. The summed E-state index contributed by atoms with van der Waals surface area (Å²) >= 11 is 0. The van der Waals surface area contributed by atoms with Crippen LogP contribution in [0.3, 0.4) is 0 Å². The number of fused-ring (bicyclic) bond motifs is 2. The molecule has 0 saturated heterocycles. The van der Waals surface area contributed by atoms with Gasteiger partial charge in [0, 0.05) is 29.4 Å². The molecule has 0 radical (unpaired) electrons. The van der Waals surface area contributed by atoms with Gasteiger partial charge in [0.25, 0.3) is 5.91 Å². The molecule has 1 aliphatic rings. The maximum absolute atomic E-state index is 12.4. The van der Waals surface area contributed by atoms with Crippen molar-refractivity contribution >= 4 is 22.5 Å². The molecule has 0 saturated carbocycles. The molecule has 4 rings (SSSR count). The highest BCUT2D eigenvalue weighted by atomic mass is 16.5. The smallest absolute Gasteiger partial charge is 0.255 e. The minimum absolute atomic E-state index is 0.108. The monoisotopic (exact) mass is 292 g/mol. The molecular formula is C18H16N2O2. The van der Waals surface area contributed by atoms with Crippen molar-refractivity contribution in [2.75, 3.05) is 5.32 Å². The molecule has 0 bridgehead atoms. The predicted octanol–water partition coefficient (Wildman–Crippen LogP) is 3.74. The number of carbonyl (C=O) groups excluding carboxylic acids is 1. The average Bonchev–Trinajstić information content (AvgIpc) is 3.10. The van der Waals surface area contributed by atoms with Crippen LogP contribution in [0.1, 0.15) is 22.8 Å². The molecule has 1 aliphatic heterocycles. The third kappa shape index (κ3) is 2.22. The van der Waals surface area contributed by atoms with Gasteiger partial charge in [-0.3, -0.25) is 4.79 Å². The van der Waals surface area contributed by atoms with E-state index in [0.29, 0.717) is 5.56 Å². The number of aromatic amines is 1. The summed E-state index contributed by atoms with van der Waals surface area (Å²) in [4.78, 5) is 15.5. The zero-order valence-electron chi connectivity index (χ0n) is 12.2. The molecule has 110 valence electrons. The average molecular weight is 292 g/mol. The molecule has 1 aromatic heterocycles. The Hall–Kier alpha value is -2.75. The van der Waals surface area contributed by atoms with Gasteiger partial charge in [-0.25, -0.2) is 0 Å². The van der Waals surface area contributed by atoms with Crippen LogP contribution >= 0.6 is 0 Å². The highest BCUT2D eigenvalue weighted by molar-refractivity contribution is 6.06. The van der Waals surface area contributed by atoms with E-state index in [-0.39, 0.29) is 12.0 Å². The van der Waals surface area contributed by atoms with Gasteiger partial charge in [0.2, 0.25) is 0 Å². The van der Waals surface area contributed by atoms with Gasteiger partial charge >= 0.3 is 0 Å². The second-order valence-corrected chi connectivity index (χ2v) is 5.69. The number of amides is 1. The summed E-state index contributed by atoms with van der Waals surface area (Å²) in [5.74, 6) is 0.807. The van der Waals surface area contributed by atoms with Crippen LogP contribution in [-0.2, 0) is 6.42 Å². The summed E-state index contributed by atoms with van der Waals surface area (Å²) in [7, 11) is 0. The summed E-state index contributed by atoms with van der Waals surface area (Å²) in [5, 5.41) is 4.05. The number of hydrogen-bond donors (Lipinski definition) is 2. The zero-order valence-corrected chi connectivity index (χ0v) is 12.2. The summed E-state index contributed by atoms with van der Waals surface area (Å²) in [6, 6.07) is 13.4. The summed E-state index contributed by atoms with van der Waals surface area (Å²) < 4.78 is 5.67. The third-order valence-electron chi connectivity index (χ3n) is 3.97. The Kier molecular flexibility index (Phi) is 2.89. The maximum Gasteiger partial charge on any atom is 0.255 e. The molecule has 2 N–H and O–H groups in total. The van der Waals surface area contributed by atoms with E-state index in [9.17, 15) is 4.79 Å². The van der Waals surface area contributed by atoms with Crippen molar-refractivity contribution in [3.05, 3.63) is 59.8 Å². The van der Waals surface area contributed by atoms with E-state index >= 15 is 0 Å². The molecule has 4 nitrogen and oxygen atoms in total. The highest BCUT2D eigenvalue weighted by Gasteiger charge is 2.19. The zero-order chi connectivity index (χ0) is 15.1. The lowest BCUT2D eigenvalue weighted by molar-refractivity contribution is 0.102. The van der Waals surface area contributed by atoms with Gasteiger partial charge in [-0.15, -0.1) is 0 Å². The van der Waals surface area contributed by atoms with E-state index in [1.807, 2.05) is 55.6 Å². The maximum atomic E-state index is 12.4. The highest BCUT2D eigenvalue weighted by Crippen LogP contribution is 2.31. The van der Waals surface area contributed by atoms with Crippen LogP contribution in [0.4, 0.5) is 5.69 Å². The minimum Gasteiger partial charge on any atom is -0.490 e. The van der Waals surface area contributed by atoms with Gasteiger partial charge < -0.3 is 15.0 Å². The quantitative estimate of drug-likeness (QED) is 0.756. The second kappa shape index (κ2) is 4.91. The fourth-order valence-electron chi connectivity index (χ4n) is 2.89. The number of aromatic nitrogens is 1. The number of ether oxygens (including phenoxy) is 1. The van der Waals surface area contributed by atoms with Crippen molar-refractivity contribution in [1.82, 2.24) is 4.98 Å². The molecule has 4 heteroatoms. The molecule has 3 aromatic rings. The third-order valence-corrected chi connectivity index (χ3v) is 3.97. The van der Waals surface area contributed by atoms with E-state index in [2.05, 4.69) is 10.3 Å². The van der Waals surface area contributed by atoms with Crippen LogP contribution in [0.5, 0.6) is 5.75 Å². The minimum atomic E-state index is -0.108. The predicted molar refractivity (Wildman–Crippen MR) is 86.5 cm³/mol. The van der Waals surface area contributed by atoms with Crippen LogP contribution in [0.2, 0.25) is 0 Å². The van der Waals surface area contributed by atoms with Crippen molar-refractivity contribution < 1.29 is 9.53 Å². The normalized spacial score (nSPS) is 16.3. The van der Waals surface area contributed by atoms with Crippen molar-refractivity contribution in [2.24, 2.45) is 0 Å². The lowest BCUT2D eigenvalue weighted by Gasteiger charge is -2.07. The van der Waals surface area contributed by atoms with E-state index in [1.54, 1.807) is 0 Å². The first-order valence-electron chi connectivity index (χ1n) is 7.37. The molecular weight excluding hydrogens is 276 g/mol. The Balaban J connectivity index is 1.58. The van der Waals surface area contributed by atoms with Crippen molar-refractivity contribution in [3.8, 4) is 5.75 Å². The summed E-state index contributed by atoms with van der Waals surface area (Å²) in [6.45, 7) is 2.05. The molecule has 0 spiro atoms. The molecule has 2 aromatic carbocycles. The number of carbonyl (C=O) groups is 1. The molecule has 0 aliphatic carbocycles.